The molecule has 0 saturated carbocycles. The predicted octanol–water partition coefficient (Wildman–Crippen LogP) is 3.70. The summed E-state index contributed by atoms with van der Waals surface area (Å²) in [7, 11) is 0. The highest BCUT2D eigenvalue weighted by Crippen LogP contribution is 2.30. The first-order valence-electron chi connectivity index (χ1n) is 9.75. The van der Waals surface area contributed by atoms with Crippen molar-refractivity contribution < 1.29 is 24.3 Å². The maximum atomic E-state index is 5.49. The Hall–Kier alpha value is -3.00. The van der Waals surface area contributed by atoms with E-state index < -0.39 is 0 Å². The number of epoxide rings is 2. The van der Waals surface area contributed by atoms with Crippen LogP contribution < -0.4 is 9.78 Å². The topological polar surface area (TPSA) is 62.6 Å². The highest BCUT2D eigenvalue weighted by Gasteiger charge is 2.24. The Morgan fingerprint density at radius 2 is 1.21 bits per heavy atom. The lowest BCUT2D eigenvalue weighted by molar-refractivity contribution is -0.410. The number of nitrogens with zero attached hydrogens (tertiary/aromatic N) is 2. The molecule has 29 heavy (non-hydrogen) atoms. The lowest BCUT2D eigenvalue weighted by Gasteiger charge is -2.08. The van der Waals surface area contributed by atoms with Gasteiger partial charge in [0.1, 0.15) is 0 Å². The molecule has 7 nitrogen and oxygen atoms in total. The van der Waals surface area contributed by atoms with Crippen molar-refractivity contribution >= 4 is 21.8 Å². The maximum Gasteiger partial charge on any atom is 0.179 e. The van der Waals surface area contributed by atoms with Gasteiger partial charge >= 0.3 is 0 Å². The third-order valence-corrected chi connectivity index (χ3v) is 5.40. The molecule has 2 aromatic heterocycles. The van der Waals surface area contributed by atoms with Gasteiger partial charge in [0.25, 0.3) is 0 Å². The van der Waals surface area contributed by atoms with Crippen LogP contribution >= 0.6 is 0 Å². The van der Waals surface area contributed by atoms with Gasteiger partial charge in [-0.1, -0.05) is 12.1 Å². The first-order chi connectivity index (χ1) is 14.3. The van der Waals surface area contributed by atoms with E-state index in [0.29, 0.717) is 23.7 Å². The van der Waals surface area contributed by atoms with E-state index in [-0.39, 0.29) is 0 Å². The molecule has 2 saturated heterocycles. The molecule has 4 aromatic rings. The second-order valence-electron chi connectivity index (χ2n) is 7.46. The van der Waals surface area contributed by atoms with E-state index in [2.05, 4.69) is 21.3 Å². The molecular formula is C22H20N2O5. The summed E-state index contributed by atoms with van der Waals surface area (Å²) in [5, 5.41) is 7.09. The van der Waals surface area contributed by atoms with Crippen LogP contribution in [0, 0.1) is 0 Å². The van der Waals surface area contributed by atoms with Gasteiger partial charge < -0.3 is 18.6 Å². The van der Waals surface area contributed by atoms with Gasteiger partial charge in [-0.15, -0.1) is 0 Å². The van der Waals surface area contributed by atoms with Gasteiger partial charge in [0, 0.05) is 28.2 Å². The van der Waals surface area contributed by atoms with Crippen molar-refractivity contribution in [2.24, 2.45) is 0 Å². The summed E-state index contributed by atoms with van der Waals surface area (Å²) in [4.78, 5) is 11.0. The van der Waals surface area contributed by atoms with Gasteiger partial charge in [-0.05, 0) is 36.4 Å². The molecule has 6 rings (SSSR count). The Kier molecular flexibility index (Phi) is 3.97. The van der Waals surface area contributed by atoms with Gasteiger partial charge in [-0.25, -0.2) is 0 Å². The van der Waals surface area contributed by atoms with Crippen LogP contribution in [-0.4, -0.2) is 34.6 Å². The zero-order chi connectivity index (χ0) is 19.2. The molecule has 2 aliphatic heterocycles. The molecule has 0 radical (unpaired) electrons. The molecular weight excluding hydrogens is 372 g/mol. The molecule has 7 heteroatoms. The number of ether oxygens (including phenoxy) is 2. The number of hydrogen-bond acceptors (Lipinski definition) is 5. The second kappa shape index (κ2) is 6.81. The quantitative estimate of drug-likeness (QED) is 0.260. The van der Waals surface area contributed by atoms with E-state index in [1.165, 1.54) is 0 Å². The minimum Gasteiger partial charge on any atom is -0.371 e. The van der Waals surface area contributed by atoms with E-state index in [1.807, 2.05) is 48.8 Å². The van der Waals surface area contributed by atoms with E-state index in [1.54, 1.807) is 0 Å². The smallest absolute Gasteiger partial charge is 0.179 e. The molecule has 0 aliphatic carbocycles. The number of aromatic nitrogens is 2. The van der Waals surface area contributed by atoms with Crippen LogP contribution in [0.5, 0.6) is 11.5 Å². The zero-order valence-electron chi connectivity index (χ0n) is 15.7. The summed E-state index contributed by atoms with van der Waals surface area (Å²) in [6.07, 6.45) is 4.70. The van der Waals surface area contributed by atoms with Gasteiger partial charge in [0.05, 0.1) is 49.5 Å². The van der Waals surface area contributed by atoms with Crippen LogP contribution in [0.15, 0.2) is 60.9 Å². The van der Waals surface area contributed by atoms with Crippen LogP contribution in [0.25, 0.3) is 21.8 Å². The molecule has 2 aliphatic rings. The molecule has 0 unspecified atom stereocenters. The van der Waals surface area contributed by atoms with Crippen molar-refractivity contribution in [2.45, 2.75) is 25.3 Å². The standard InChI is InChI=1S/C22H20N2O5/c1-3-19-17(7-9-23(19)11-15-13-25-15)21(5-1)27-29-28-22-6-2-4-20-18(22)8-10-24(20)12-16-14-26-16/h1-10,15-16H,11-14H2/t15-,16-/m0/s1. The summed E-state index contributed by atoms with van der Waals surface area (Å²) in [5.41, 5.74) is 2.14. The largest absolute Gasteiger partial charge is 0.371 e. The van der Waals surface area contributed by atoms with E-state index in [4.69, 9.17) is 24.3 Å². The first-order valence-corrected chi connectivity index (χ1v) is 9.75. The Morgan fingerprint density at radius 1 is 0.724 bits per heavy atom. The monoisotopic (exact) mass is 392 g/mol. The first kappa shape index (κ1) is 16.9. The Morgan fingerprint density at radius 3 is 1.66 bits per heavy atom. The van der Waals surface area contributed by atoms with E-state index >= 15 is 0 Å². The average Bonchev–Trinajstić information content (AvgIpc) is 3.65. The fourth-order valence-electron chi connectivity index (χ4n) is 3.73. The van der Waals surface area contributed by atoms with Gasteiger partial charge in [0.15, 0.2) is 11.5 Å². The second-order valence-corrected chi connectivity index (χ2v) is 7.46. The number of rotatable bonds is 8. The van der Waals surface area contributed by atoms with Crippen molar-refractivity contribution in [1.82, 2.24) is 9.13 Å². The molecule has 2 aromatic carbocycles. The maximum absolute atomic E-state index is 5.49. The van der Waals surface area contributed by atoms with Crippen LogP contribution in [-0.2, 0) is 27.6 Å². The SMILES string of the molecule is c1cc(OOOc2cccc3c2ccn3C[C@H]2CO2)c2ccn(C[C@H]3CO3)c2c1. The Balaban J connectivity index is 1.18. The highest BCUT2D eigenvalue weighted by atomic mass is 17.5. The average molecular weight is 392 g/mol. The molecule has 2 fully saturated rings. The third-order valence-electron chi connectivity index (χ3n) is 5.40. The number of hydrogen-bond donors (Lipinski definition) is 0. The predicted molar refractivity (Wildman–Crippen MR) is 106 cm³/mol. The fraction of sp³-hybridized carbons (Fsp3) is 0.273. The van der Waals surface area contributed by atoms with Gasteiger partial charge in [0.2, 0.25) is 0 Å². The highest BCUT2D eigenvalue weighted by molar-refractivity contribution is 5.87. The van der Waals surface area contributed by atoms with Crippen LogP contribution in [0.1, 0.15) is 0 Å². The summed E-state index contributed by atoms with van der Waals surface area (Å²) in [6, 6.07) is 15.7. The van der Waals surface area contributed by atoms with Crippen molar-refractivity contribution in [1.29, 1.82) is 0 Å². The van der Waals surface area contributed by atoms with E-state index in [0.717, 1.165) is 48.1 Å². The van der Waals surface area contributed by atoms with Crippen LogP contribution in [0.4, 0.5) is 0 Å². The lowest BCUT2D eigenvalue weighted by atomic mass is 10.2. The molecule has 0 bridgehead atoms. The zero-order valence-corrected chi connectivity index (χ0v) is 15.7. The minimum atomic E-state index is 0.314. The minimum absolute atomic E-state index is 0.314. The van der Waals surface area contributed by atoms with Crippen molar-refractivity contribution in [3.63, 3.8) is 0 Å². The summed E-state index contributed by atoms with van der Waals surface area (Å²) < 4.78 is 15.0. The van der Waals surface area contributed by atoms with Crippen molar-refractivity contribution in [3.8, 4) is 11.5 Å². The lowest BCUT2D eigenvalue weighted by Crippen LogP contribution is -2.04. The van der Waals surface area contributed by atoms with Gasteiger partial charge in [-0.3, -0.25) is 9.78 Å². The molecule has 0 amide bonds. The summed E-state index contributed by atoms with van der Waals surface area (Å²) >= 11 is 0. The van der Waals surface area contributed by atoms with Crippen molar-refractivity contribution in [3.05, 3.63) is 60.9 Å². The normalized spacial score (nSPS) is 20.3. The Labute approximate surface area is 166 Å². The third kappa shape index (κ3) is 3.33. The molecule has 0 spiro atoms. The molecule has 4 heterocycles. The van der Waals surface area contributed by atoms with Crippen LogP contribution in [0.3, 0.4) is 0 Å². The Bertz CT molecular complexity index is 1080. The summed E-state index contributed by atoms with van der Waals surface area (Å²) in [5.74, 6) is 1.21. The number of fused-ring (bicyclic) bond motifs is 2. The molecule has 148 valence electrons. The van der Waals surface area contributed by atoms with Gasteiger partial charge in [-0.2, -0.15) is 0 Å². The van der Waals surface area contributed by atoms with E-state index in [9.17, 15) is 0 Å². The molecule has 0 N–H and O–H groups in total. The number of benzene rings is 2. The van der Waals surface area contributed by atoms with Crippen molar-refractivity contribution in [2.75, 3.05) is 13.2 Å². The van der Waals surface area contributed by atoms with Crippen LogP contribution in [0.2, 0.25) is 0 Å². The fourth-order valence-corrected chi connectivity index (χ4v) is 3.73. The molecule has 2 atom stereocenters. The summed E-state index contributed by atoms with van der Waals surface area (Å²) in [6.45, 7) is 3.34.